The van der Waals surface area contributed by atoms with Crippen molar-refractivity contribution in [1.29, 1.82) is 0 Å². The molecule has 1 aromatic carbocycles. The van der Waals surface area contributed by atoms with E-state index in [1.54, 1.807) is 11.8 Å². The van der Waals surface area contributed by atoms with Crippen molar-refractivity contribution in [3.63, 3.8) is 0 Å². The maximum Gasteiger partial charge on any atom is 0.237 e. The highest BCUT2D eigenvalue weighted by Gasteiger charge is 2.12. The molecule has 5 nitrogen and oxygen atoms in total. The second kappa shape index (κ2) is 5.50. The number of nitrogens with zero attached hydrogens (tertiary/aromatic N) is 4. The number of benzene rings is 1. The number of para-hydroxylation sites is 2. The lowest BCUT2D eigenvalue weighted by molar-refractivity contribution is 0.387. The number of aromatic nitrogens is 4. The topological polar surface area (TPSA) is 56.7 Å². The van der Waals surface area contributed by atoms with Gasteiger partial charge in [-0.2, -0.15) is 4.98 Å². The molecule has 3 rings (SSSR count). The fourth-order valence-corrected chi connectivity index (χ4v) is 2.86. The summed E-state index contributed by atoms with van der Waals surface area (Å²) in [5.41, 5.74) is 2.09. The number of allylic oxidation sites excluding steroid dienone is 1. The van der Waals surface area contributed by atoms with E-state index in [9.17, 15) is 0 Å². The van der Waals surface area contributed by atoms with E-state index in [2.05, 4.69) is 32.3 Å². The van der Waals surface area contributed by atoms with Gasteiger partial charge in [0.2, 0.25) is 5.89 Å². The normalized spacial score (nSPS) is 11.1. The van der Waals surface area contributed by atoms with Gasteiger partial charge < -0.3 is 9.09 Å². The van der Waals surface area contributed by atoms with Crippen molar-refractivity contribution in [2.24, 2.45) is 0 Å². The predicted octanol–water partition coefficient (Wildman–Crippen LogP) is 3.21. The molecule has 20 heavy (non-hydrogen) atoms. The molecular weight excluding hydrogens is 272 g/mol. The summed E-state index contributed by atoms with van der Waals surface area (Å²) in [4.78, 5) is 8.84. The highest BCUT2D eigenvalue weighted by atomic mass is 32.2. The zero-order chi connectivity index (χ0) is 13.9. The molecule has 0 saturated heterocycles. The number of thioether (sulfide) groups is 1. The van der Waals surface area contributed by atoms with Crippen molar-refractivity contribution in [2.45, 2.75) is 24.4 Å². The molecule has 0 unspecified atom stereocenters. The Hall–Kier alpha value is -2.08. The molecule has 2 aromatic heterocycles. The van der Waals surface area contributed by atoms with Gasteiger partial charge in [0.05, 0.1) is 16.8 Å². The fourth-order valence-electron chi connectivity index (χ4n) is 1.99. The summed E-state index contributed by atoms with van der Waals surface area (Å²) < 4.78 is 7.26. The molecule has 0 aliphatic carbocycles. The van der Waals surface area contributed by atoms with Crippen LogP contribution in [0.4, 0.5) is 0 Å². The SMILES string of the molecule is C=CCn1c(SCc2nc(C)no2)nc2ccccc21. The van der Waals surface area contributed by atoms with E-state index in [0.29, 0.717) is 17.5 Å². The number of rotatable bonds is 5. The van der Waals surface area contributed by atoms with E-state index < -0.39 is 0 Å². The zero-order valence-electron chi connectivity index (χ0n) is 11.1. The van der Waals surface area contributed by atoms with Crippen molar-refractivity contribution < 1.29 is 4.52 Å². The highest BCUT2D eigenvalue weighted by molar-refractivity contribution is 7.98. The van der Waals surface area contributed by atoms with Crippen LogP contribution >= 0.6 is 11.8 Å². The van der Waals surface area contributed by atoms with Crippen LogP contribution in [0.2, 0.25) is 0 Å². The average molecular weight is 286 g/mol. The Labute approximate surface area is 120 Å². The minimum atomic E-state index is 0.612. The van der Waals surface area contributed by atoms with Crippen molar-refractivity contribution in [2.75, 3.05) is 0 Å². The third-order valence-electron chi connectivity index (χ3n) is 2.83. The molecule has 0 saturated carbocycles. The van der Waals surface area contributed by atoms with Gasteiger partial charge in [0.15, 0.2) is 11.0 Å². The summed E-state index contributed by atoms with van der Waals surface area (Å²) in [6.45, 7) is 6.34. The number of imidazole rings is 1. The van der Waals surface area contributed by atoms with Crippen molar-refractivity contribution >= 4 is 22.8 Å². The second-order valence-electron chi connectivity index (χ2n) is 4.31. The predicted molar refractivity (Wildman–Crippen MR) is 78.5 cm³/mol. The third-order valence-corrected chi connectivity index (χ3v) is 3.79. The standard InChI is InChI=1S/C14H14N4OS/c1-3-8-18-12-7-5-4-6-11(12)16-14(18)20-9-13-15-10(2)17-19-13/h3-7H,1,8-9H2,2H3. The summed E-state index contributed by atoms with van der Waals surface area (Å²) in [5, 5.41) is 4.72. The van der Waals surface area contributed by atoms with Gasteiger partial charge in [0.1, 0.15) is 0 Å². The molecule has 6 heteroatoms. The lowest BCUT2D eigenvalue weighted by atomic mass is 10.3. The van der Waals surface area contributed by atoms with Crippen LogP contribution in [0.25, 0.3) is 11.0 Å². The van der Waals surface area contributed by atoms with Gasteiger partial charge in [-0.1, -0.05) is 35.1 Å². The minimum absolute atomic E-state index is 0.612. The monoisotopic (exact) mass is 286 g/mol. The first-order valence-corrected chi connectivity index (χ1v) is 7.24. The van der Waals surface area contributed by atoms with E-state index in [1.807, 2.05) is 31.2 Å². The van der Waals surface area contributed by atoms with Gasteiger partial charge in [0.25, 0.3) is 0 Å². The number of fused-ring (bicyclic) bond motifs is 1. The Balaban J connectivity index is 1.89. The van der Waals surface area contributed by atoms with Crippen LogP contribution in [-0.2, 0) is 12.3 Å². The average Bonchev–Trinajstić information content (AvgIpc) is 3.02. The Morgan fingerprint density at radius 2 is 2.20 bits per heavy atom. The van der Waals surface area contributed by atoms with Crippen LogP contribution in [0.15, 0.2) is 46.6 Å². The summed E-state index contributed by atoms with van der Waals surface area (Å²) in [5.74, 6) is 1.88. The molecule has 0 aliphatic heterocycles. The molecular formula is C14H14N4OS. The molecule has 102 valence electrons. The van der Waals surface area contributed by atoms with Crippen LogP contribution in [0.3, 0.4) is 0 Å². The van der Waals surface area contributed by atoms with Crippen LogP contribution in [0.5, 0.6) is 0 Å². The maximum atomic E-state index is 5.12. The van der Waals surface area contributed by atoms with E-state index in [-0.39, 0.29) is 0 Å². The molecule has 3 aromatic rings. The molecule has 0 N–H and O–H groups in total. The van der Waals surface area contributed by atoms with E-state index in [0.717, 1.165) is 22.7 Å². The third kappa shape index (κ3) is 2.46. The van der Waals surface area contributed by atoms with Gasteiger partial charge in [-0.25, -0.2) is 4.98 Å². The van der Waals surface area contributed by atoms with Gasteiger partial charge in [-0.3, -0.25) is 0 Å². The van der Waals surface area contributed by atoms with Gasteiger partial charge >= 0.3 is 0 Å². The Morgan fingerprint density at radius 1 is 1.35 bits per heavy atom. The molecule has 0 amide bonds. The molecule has 0 fully saturated rings. The summed E-state index contributed by atoms with van der Waals surface area (Å²) in [6.07, 6.45) is 1.87. The van der Waals surface area contributed by atoms with Gasteiger partial charge in [0, 0.05) is 6.54 Å². The van der Waals surface area contributed by atoms with Gasteiger partial charge in [-0.05, 0) is 19.1 Å². The number of hydrogen-bond acceptors (Lipinski definition) is 5. The first-order valence-electron chi connectivity index (χ1n) is 6.26. The highest BCUT2D eigenvalue weighted by Crippen LogP contribution is 2.26. The smallest absolute Gasteiger partial charge is 0.237 e. The quantitative estimate of drug-likeness (QED) is 0.532. The summed E-state index contributed by atoms with van der Waals surface area (Å²) in [6, 6.07) is 8.07. The van der Waals surface area contributed by atoms with Gasteiger partial charge in [-0.15, -0.1) is 6.58 Å². The first-order chi connectivity index (χ1) is 9.78. The van der Waals surface area contributed by atoms with Crippen LogP contribution in [0, 0.1) is 6.92 Å². The molecule has 2 heterocycles. The minimum Gasteiger partial charge on any atom is -0.338 e. The van der Waals surface area contributed by atoms with Crippen molar-refractivity contribution in [3.8, 4) is 0 Å². The van der Waals surface area contributed by atoms with Crippen molar-refractivity contribution in [3.05, 3.63) is 48.6 Å². The lowest BCUT2D eigenvalue weighted by Crippen LogP contribution is -1.97. The molecule has 0 atom stereocenters. The molecule has 0 radical (unpaired) electrons. The largest absolute Gasteiger partial charge is 0.338 e. The fraction of sp³-hybridized carbons (Fsp3) is 0.214. The second-order valence-corrected chi connectivity index (χ2v) is 5.25. The molecule has 0 spiro atoms. The molecule has 0 bridgehead atoms. The van der Waals surface area contributed by atoms with Crippen LogP contribution < -0.4 is 0 Å². The number of hydrogen-bond donors (Lipinski definition) is 0. The van der Waals surface area contributed by atoms with E-state index in [1.165, 1.54) is 0 Å². The van der Waals surface area contributed by atoms with E-state index >= 15 is 0 Å². The van der Waals surface area contributed by atoms with E-state index in [4.69, 9.17) is 4.52 Å². The Kier molecular flexibility index (Phi) is 3.56. The summed E-state index contributed by atoms with van der Waals surface area (Å²) >= 11 is 1.59. The van der Waals surface area contributed by atoms with Crippen molar-refractivity contribution in [1.82, 2.24) is 19.7 Å². The number of aryl methyl sites for hydroxylation is 1. The zero-order valence-corrected chi connectivity index (χ0v) is 11.9. The Morgan fingerprint density at radius 3 is 2.95 bits per heavy atom. The summed E-state index contributed by atoms with van der Waals surface area (Å²) in [7, 11) is 0. The van der Waals surface area contributed by atoms with Crippen LogP contribution in [0.1, 0.15) is 11.7 Å². The molecule has 0 aliphatic rings. The maximum absolute atomic E-state index is 5.12. The van der Waals surface area contributed by atoms with Crippen LogP contribution in [-0.4, -0.2) is 19.7 Å². The Bertz CT molecular complexity index is 747. The first kappa shape index (κ1) is 12.9. The lowest BCUT2D eigenvalue weighted by Gasteiger charge is -2.04.